The van der Waals surface area contributed by atoms with E-state index >= 15 is 0 Å². The number of carboxylic acids is 2. The molecule has 1 aliphatic rings. The summed E-state index contributed by atoms with van der Waals surface area (Å²) in [6.45, 7) is 1.78. The van der Waals surface area contributed by atoms with Crippen LogP contribution in [-0.4, -0.2) is 51.1 Å². The van der Waals surface area contributed by atoms with Gasteiger partial charge < -0.3 is 15.1 Å². The molecule has 0 saturated carbocycles. The number of aryl methyl sites for hydroxylation is 1. The number of carbonyl (C=O) groups is 3. The number of carbonyl (C=O) groups excluding carboxylic acids is 1. The third-order valence-electron chi connectivity index (χ3n) is 5.50. The van der Waals surface area contributed by atoms with Crippen molar-refractivity contribution in [1.82, 2.24) is 10.2 Å². The first-order valence-corrected chi connectivity index (χ1v) is 9.99. The summed E-state index contributed by atoms with van der Waals surface area (Å²) in [7, 11) is 0. The van der Waals surface area contributed by atoms with Crippen LogP contribution in [0.5, 0.6) is 0 Å². The van der Waals surface area contributed by atoms with Crippen molar-refractivity contribution in [2.24, 2.45) is 0 Å². The van der Waals surface area contributed by atoms with Gasteiger partial charge in [0.2, 0.25) is 5.91 Å². The third kappa shape index (κ3) is 5.04. The van der Waals surface area contributed by atoms with Crippen molar-refractivity contribution in [3.63, 3.8) is 0 Å². The van der Waals surface area contributed by atoms with E-state index in [1.807, 2.05) is 54.6 Å². The van der Waals surface area contributed by atoms with E-state index in [-0.39, 0.29) is 13.0 Å². The summed E-state index contributed by atoms with van der Waals surface area (Å²) in [6, 6.07) is 14.3. The highest BCUT2D eigenvalue weighted by atomic mass is 16.4. The second-order valence-electron chi connectivity index (χ2n) is 7.60. The van der Waals surface area contributed by atoms with Crippen molar-refractivity contribution in [1.29, 1.82) is 0 Å². The van der Waals surface area contributed by atoms with E-state index < -0.39 is 36.0 Å². The molecule has 158 valence electrons. The molecule has 1 unspecified atom stereocenters. The highest BCUT2D eigenvalue weighted by Gasteiger charge is 2.37. The minimum absolute atomic E-state index is 0.194. The molecule has 2 aromatic rings. The molecule has 0 spiro atoms. The molecule has 7 heteroatoms. The molecule has 0 radical (unpaired) electrons. The Morgan fingerprint density at radius 1 is 1.03 bits per heavy atom. The molecular formula is C23H26N2O5. The van der Waals surface area contributed by atoms with Gasteiger partial charge in [-0.1, -0.05) is 54.6 Å². The predicted octanol–water partition coefficient (Wildman–Crippen LogP) is 2.09. The lowest BCUT2D eigenvalue weighted by Crippen LogP contribution is -2.56. The van der Waals surface area contributed by atoms with Crippen molar-refractivity contribution in [2.75, 3.05) is 0 Å². The quantitative estimate of drug-likeness (QED) is 0.615. The van der Waals surface area contributed by atoms with Crippen LogP contribution in [0.25, 0.3) is 0 Å². The number of amides is 1. The van der Waals surface area contributed by atoms with E-state index in [4.69, 9.17) is 0 Å². The molecule has 1 amide bonds. The van der Waals surface area contributed by atoms with Crippen molar-refractivity contribution >= 4 is 17.8 Å². The molecule has 3 N–H and O–H groups in total. The average molecular weight is 410 g/mol. The second-order valence-corrected chi connectivity index (χ2v) is 7.60. The Bertz CT molecular complexity index is 915. The maximum absolute atomic E-state index is 13.1. The van der Waals surface area contributed by atoms with E-state index in [0.29, 0.717) is 12.8 Å². The van der Waals surface area contributed by atoms with Gasteiger partial charge in [0, 0.05) is 13.0 Å². The minimum atomic E-state index is -1.07. The number of rotatable bonds is 8. The summed E-state index contributed by atoms with van der Waals surface area (Å²) < 4.78 is 0. The Morgan fingerprint density at radius 3 is 2.30 bits per heavy atom. The van der Waals surface area contributed by atoms with Crippen LogP contribution in [0, 0.1) is 0 Å². The zero-order chi connectivity index (χ0) is 21.7. The zero-order valence-electron chi connectivity index (χ0n) is 16.8. The largest absolute Gasteiger partial charge is 0.480 e. The molecule has 2 aromatic carbocycles. The molecule has 0 aliphatic carbocycles. The van der Waals surface area contributed by atoms with E-state index in [2.05, 4.69) is 5.32 Å². The standard InChI is InChI=1S/C23H26N2O5/c1-15(24-19(22(27)28)12-11-16-7-3-2-4-8-16)21(26)25-14-18-10-6-5-9-17(18)13-20(25)23(29)30/h2-10,15,19-20,24H,11-14H2,1H3,(H,27,28)(H,29,30)/t15?,19-,20+/m1/s1. The van der Waals surface area contributed by atoms with Crippen molar-refractivity contribution < 1.29 is 24.6 Å². The van der Waals surface area contributed by atoms with Crippen LogP contribution in [0.15, 0.2) is 54.6 Å². The Labute approximate surface area is 175 Å². The summed E-state index contributed by atoms with van der Waals surface area (Å²) >= 11 is 0. The van der Waals surface area contributed by atoms with Crippen LogP contribution in [-0.2, 0) is 33.8 Å². The van der Waals surface area contributed by atoms with Gasteiger partial charge in [0.15, 0.2) is 0 Å². The molecule has 0 saturated heterocycles. The summed E-state index contributed by atoms with van der Waals surface area (Å²) in [5.41, 5.74) is 2.85. The fourth-order valence-electron chi connectivity index (χ4n) is 3.83. The van der Waals surface area contributed by atoms with Gasteiger partial charge in [-0.25, -0.2) is 4.79 Å². The molecule has 3 rings (SSSR count). The number of nitrogens with one attached hydrogen (secondary N) is 1. The van der Waals surface area contributed by atoms with Crippen molar-refractivity contribution in [3.8, 4) is 0 Å². The van der Waals surface area contributed by atoms with Gasteiger partial charge >= 0.3 is 11.9 Å². The smallest absolute Gasteiger partial charge is 0.326 e. The molecule has 1 heterocycles. The zero-order valence-corrected chi connectivity index (χ0v) is 16.8. The highest BCUT2D eigenvalue weighted by Crippen LogP contribution is 2.24. The molecule has 0 fully saturated rings. The van der Waals surface area contributed by atoms with Crippen LogP contribution in [0.4, 0.5) is 0 Å². The molecule has 0 bridgehead atoms. The van der Waals surface area contributed by atoms with Gasteiger partial charge in [0.05, 0.1) is 6.04 Å². The first-order chi connectivity index (χ1) is 14.4. The molecule has 7 nitrogen and oxygen atoms in total. The van der Waals surface area contributed by atoms with Gasteiger partial charge in [-0.2, -0.15) is 0 Å². The molecule has 30 heavy (non-hydrogen) atoms. The van der Waals surface area contributed by atoms with E-state index in [9.17, 15) is 24.6 Å². The van der Waals surface area contributed by atoms with E-state index in [1.165, 1.54) is 4.90 Å². The first kappa shape index (κ1) is 21.5. The van der Waals surface area contributed by atoms with Crippen LogP contribution in [0.2, 0.25) is 0 Å². The SMILES string of the molecule is CC(N[C@H](CCc1ccccc1)C(=O)O)C(=O)N1Cc2ccccc2C[C@H]1C(=O)O. The van der Waals surface area contributed by atoms with Crippen LogP contribution in [0.3, 0.4) is 0 Å². The lowest BCUT2D eigenvalue weighted by Gasteiger charge is -2.36. The second kappa shape index (κ2) is 9.54. The van der Waals surface area contributed by atoms with Crippen LogP contribution in [0.1, 0.15) is 30.0 Å². The minimum Gasteiger partial charge on any atom is -0.480 e. The Hall–Kier alpha value is -3.19. The van der Waals surface area contributed by atoms with Crippen molar-refractivity contribution in [3.05, 3.63) is 71.3 Å². The molecule has 0 aromatic heterocycles. The normalized spacial score (nSPS) is 17.6. The summed E-state index contributed by atoms with van der Waals surface area (Å²) in [5, 5.41) is 22.1. The van der Waals surface area contributed by atoms with E-state index in [0.717, 1.165) is 16.7 Å². The summed E-state index contributed by atoms with van der Waals surface area (Å²) in [4.78, 5) is 37.9. The lowest BCUT2D eigenvalue weighted by atomic mass is 9.93. The third-order valence-corrected chi connectivity index (χ3v) is 5.50. The summed E-state index contributed by atoms with van der Waals surface area (Å²) in [6.07, 6.45) is 1.11. The molecular weight excluding hydrogens is 384 g/mol. The van der Waals surface area contributed by atoms with Crippen molar-refractivity contribution in [2.45, 2.75) is 50.9 Å². The topological polar surface area (TPSA) is 107 Å². The van der Waals surface area contributed by atoms with Gasteiger partial charge in [-0.3, -0.25) is 14.9 Å². The number of nitrogens with zero attached hydrogens (tertiary/aromatic N) is 1. The van der Waals surface area contributed by atoms with Gasteiger partial charge in [-0.15, -0.1) is 0 Å². The van der Waals surface area contributed by atoms with Crippen LogP contribution < -0.4 is 5.32 Å². The fraction of sp³-hybridized carbons (Fsp3) is 0.348. The predicted molar refractivity (Wildman–Crippen MR) is 111 cm³/mol. The maximum Gasteiger partial charge on any atom is 0.326 e. The lowest BCUT2D eigenvalue weighted by molar-refractivity contribution is -0.152. The molecule has 3 atom stereocenters. The number of aliphatic carboxylic acids is 2. The Kier molecular flexibility index (Phi) is 6.84. The first-order valence-electron chi connectivity index (χ1n) is 9.99. The average Bonchev–Trinajstić information content (AvgIpc) is 2.75. The highest BCUT2D eigenvalue weighted by molar-refractivity contribution is 5.88. The number of fused-ring (bicyclic) bond motifs is 1. The number of hydrogen-bond acceptors (Lipinski definition) is 4. The maximum atomic E-state index is 13.1. The number of benzene rings is 2. The monoisotopic (exact) mass is 410 g/mol. The fourth-order valence-corrected chi connectivity index (χ4v) is 3.83. The summed E-state index contributed by atoms with van der Waals surface area (Å²) in [5.74, 6) is -2.52. The number of carboxylic acid groups (broad SMARTS) is 2. The Morgan fingerprint density at radius 2 is 1.67 bits per heavy atom. The van der Waals surface area contributed by atoms with Gasteiger partial charge in [-0.05, 0) is 36.5 Å². The number of hydrogen-bond donors (Lipinski definition) is 3. The van der Waals surface area contributed by atoms with Gasteiger partial charge in [0.1, 0.15) is 12.1 Å². The Balaban J connectivity index is 1.69. The van der Waals surface area contributed by atoms with Crippen LogP contribution >= 0.6 is 0 Å². The van der Waals surface area contributed by atoms with E-state index in [1.54, 1.807) is 6.92 Å². The van der Waals surface area contributed by atoms with Gasteiger partial charge in [0.25, 0.3) is 0 Å². The molecule has 1 aliphatic heterocycles.